The molecule has 0 bridgehead atoms. The number of carbonyl (C=O) groups excluding carboxylic acids is 2. The van der Waals surface area contributed by atoms with E-state index in [9.17, 15) is 9.59 Å². The molecule has 10 N–H and O–H groups in total. The van der Waals surface area contributed by atoms with Crippen LogP contribution in [0, 0.1) is 0 Å². The summed E-state index contributed by atoms with van der Waals surface area (Å²) in [6, 6.07) is 9.01. The molecule has 0 saturated heterocycles. The standard InChI is InChI=1S/C14H16N6O2/c15-7-1-3-11(9(17)5-7)20(14(22)13(19)21)12-4-2-8(16)6-10(12)18/h1-6H,15-18H2,(H2,19,21). The minimum atomic E-state index is -1.15. The summed E-state index contributed by atoms with van der Waals surface area (Å²) in [5, 5.41) is 0. The van der Waals surface area contributed by atoms with Gasteiger partial charge in [0.15, 0.2) is 0 Å². The van der Waals surface area contributed by atoms with Gasteiger partial charge in [-0.3, -0.25) is 14.5 Å². The summed E-state index contributed by atoms with van der Waals surface area (Å²) in [4.78, 5) is 24.6. The van der Waals surface area contributed by atoms with Crippen molar-refractivity contribution in [1.29, 1.82) is 0 Å². The molecule has 0 aromatic heterocycles. The maximum Gasteiger partial charge on any atom is 0.320 e. The first-order valence-electron chi connectivity index (χ1n) is 6.25. The van der Waals surface area contributed by atoms with Crippen molar-refractivity contribution in [3.05, 3.63) is 36.4 Å². The van der Waals surface area contributed by atoms with Gasteiger partial charge in [0, 0.05) is 11.4 Å². The fourth-order valence-electron chi connectivity index (χ4n) is 2.01. The molecule has 2 aromatic rings. The number of nitrogens with zero attached hydrogens (tertiary/aromatic N) is 1. The lowest BCUT2D eigenvalue weighted by Gasteiger charge is -2.24. The first kappa shape index (κ1) is 15.0. The van der Waals surface area contributed by atoms with Crippen LogP contribution in [0.1, 0.15) is 0 Å². The zero-order valence-corrected chi connectivity index (χ0v) is 11.6. The number of carbonyl (C=O) groups is 2. The Bertz CT molecular complexity index is 707. The Balaban J connectivity index is 2.66. The van der Waals surface area contributed by atoms with Crippen LogP contribution in [0.15, 0.2) is 36.4 Å². The zero-order valence-electron chi connectivity index (χ0n) is 11.6. The van der Waals surface area contributed by atoms with Crippen LogP contribution in [0.2, 0.25) is 0 Å². The third-order valence-electron chi connectivity index (χ3n) is 3.00. The third-order valence-corrected chi connectivity index (χ3v) is 3.00. The highest BCUT2D eigenvalue weighted by molar-refractivity contribution is 6.42. The average molecular weight is 300 g/mol. The van der Waals surface area contributed by atoms with Crippen LogP contribution in [0.4, 0.5) is 34.1 Å². The molecule has 2 rings (SSSR count). The quantitative estimate of drug-likeness (QED) is 0.391. The Kier molecular flexibility index (Phi) is 3.76. The van der Waals surface area contributed by atoms with Gasteiger partial charge in [-0.2, -0.15) is 0 Å². The molecule has 0 atom stereocenters. The topological polar surface area (TPSA) is 167 Å². The van der Waals surface area contributed by atoms with Gasteiger partial charge in [-0.05, 0) is 36.4 Å². The van der Waals surface area contributed by atoms with Gasteiger partial charge in [0.25, 0.3) is 0 Å². The maximum absolute atomic E-state index is 12.2. The molecule has 0 fully saturated rings. The fourth-order valence-corrected chi connectivity index (χ4v) is 2.01. The molecule has 2 amide bonds. The van der Waals surface area contributed by atoms with E-state index in [2.05, 4.69) is 0 Å². The van der Waals surface area contributed by atoms with Gasteiger partial charge < -0.3 is 28.7 Å². The second-order valence-electron chi connectivity index (χ2n) is 4.64. The molecule has 0 spiro atoms. The second kappa shape index (κ2) is 5.52. The molecule has 0 saturated carbocycles. The van der Waals surface area contributed by atoms with Crippen LogP contribution < -0.4 is 33.6 Å². The molecule has 0 aliphatic carbocycles. The fraction of sp³-hybridized carbons (Fsp3) is 0. The lowest BCUT2D eigenvalue weighted by Crippen LogP contribution is -2.38. The van der Waals surface area contributed by atoms with Gasteiger partial charge in [-0.1, -0.05) is 0 Å². The maximum atomic E-state index is 12.2. The van der Waals surface area contributed by atoms with Crippen molar-refractivity contribution in [2.24, 2.45) is 5.73 Å². The van der Waals surface area contributed by atoms with E-state index in [1.165, 1.54) is 24.3 Å². The Morgan fingerprint density at radius 2 is 1.18 bits per heavy atom. The minimum Gasteiger partial charge on any atom is -0.399 e. The first-order chi connectivity index (χ1) is 10.3. The lowest BCUT2D eigenvalue weighted by atomic mass is 10.1. The Morgan fingerprint density at radius 3 is 1.50 bits per heavy atom. The van der Waals surface area contributed by atoms with Crippen molar-refractivity contribution in [1.82, 2.24) is 0 Å². The summed E-state index contributed by atoms with van der Waals surface area (Å²) in [6.45, 7) is 0. The summed E-state index contributed by atoms with van der Waals surface area (Å²) in [5.74, 6) is -2.12. The number of hydrogen-bond donors (Lipinski definition) is 5. The summed E-state index contributed by atoms with van der Waals surface area (Å²) < 4.78 is 0. The molecule has 8 nitrogen and oxygen atoms in total. The summed E-state index contributed by atoms with van der Waals surface area (Å²) in [6.07, 6.45) is 0. The highest BCUT2D eigenvalue weighted by Crippen LogP contribution is 2.35. The molecule has 0 aliphatic heterocycles. The first-order valence-corrected chi connectivity index (χ1v) is 6.25. The summed E-state index contributed by atoms with van der Waals surface area (Å²) in [5.41, 5.74) is 29.9. The van der Waals surface area contributed by atoms with Gasteiger partial charge >= 0.3 is 11.8 Å². The number of rotatable bonds is 2. The average Bonchev–Trinajstić information content (AvgIpc) is 2.43. The van der Waals surface area contributed by atoms with Crippen LogP contribution in [0.5, 0.6) is 0 Å². The van der Waals surface area contributed by atoms with Crippen molar-refractivity contribution >= 4 is 45.9 Å². The molecule has 8 heteroatoms. The van der Waals surface area contributed by atoms with E-state index < -0.39 is 11.8 Å². The normalized spacial score (nSPS) is 10.2. The van der Waals surface area contributed by atoms with Crippen LogP contribution >= 0.6 is 0 Å². The lowest BCUT2D eigenvalue weighted by molar-refractivity contribution is -0.135. The molecule has 2 aromatic carbocycles. The van der Waals surface area contributed by atoms with E-state index in [-0.39, 0.29) is 22.7 Å². The van der Waals surface area contributed by atoms with Crippen molar-refractivity contribution < 1.29 is 9.59 Å². The van der Waals surface area contributed by atoms with Gasteiger partial charge in [0.2, 0.25) is 0 Å². The van der Waals surface area contributed by atoms with Crippen LogP contribution in [0.25, 0.3) is 0 Å². The molecule has 0 radical (unpaired) electrons. The van der Waals surface area contributed by atoms with Crippen LogP contribution in [0.3, 0.4) is 0 Å². The van der Waals surface area contributed by atoms with Crippen molar-refractivity contribution in [3.8, 4) is 0 Å². The van der Waals surface area contributed by atoms with E-state index >= 15 is 0 Å². The van der Waals surface area contributed by atoms with E-state index in [1.54, 1.807) is 12.1 Å². The smallest absolute Gasteiger partial charge is 0.320 e. The van der Waals surface area contributed by atoms with Crippen molar-refractivity contribution in [2.75, 3.05) is 27.8 Å². The number of amides is 2. The predicted octanol–water partition coefficient (Wildman–Crippen LogP) is 0.165. The van der Waals surface area contributed by atoms with Crippen molar-refractivity contribution in [2.45, 2.75) is 0 Å². The minimum absolute atomic E-state index is 0.200. The SMILES string of the molecule is NC(=O)C(=O)N(c1ccc(N)cc1N)c1ccc(N)cc1N. The zero-order chi connectivity index (χ0) is 16.4. The number of primary amides is 1. The molecular weight excluding hydrogens is 284 g/mol. The van der Waals surface area contributed by atoms with Gasteiger partial charge in [-0.15, -0.1) is 0 Å². The number of nitrogens with two attached hydrogens (primary N) is 5. The van der Waals surface area contributed by atoms with Crippen LogP contribution in [-0.4, -0.2) is 11.8 Å². The predicted molar refractivity (Wildman–Crippen MR) is 86.9 cm³/mol. The molecule has 0 unspecified atom stereocenters. The third kappa shape index (κ3) is 2.70. The molecule has 22 heavy (non-hydrogen) atoms. The number of hydrogen-bond acceptors (Lipinski definition) is 6. The van der Waals surface area contributed by atoms with E-state index in [1.807, 2.05) is 0 Å². The van der Waals surface area contributed by atoms with E-state index in [4.69, 9.17) is 28.7 Å². The Labute approximate surface area is 126 Å². The van der Waals surface area contributed by atoms with Gasteiger partial charge in [0.05, 0.1) is 22.7 Å². The highest BCUT2D eigenvalue weighted by atomic mass is 16.2. The molecule has 114 valence electrons. The van der Waals surface area contributed by atoms with E-state index in [0.29, 0.717) is 11.4 Å². The largest absolute Gasteiger partial charge is 0.399 e. The van der Waals surface area contributed by atoms with Gasteiger partial charge in [-0.25, -0.2) is 0 Å². The monoisotopic (exact) mass is 300 g/mol. The second-order valence-corrected chi connectivity index (χ2v) is 4.64. The number of anilines is 6. The molecule has 0 heterocycles. The summed E-state index contributed by atoms with van der Waals surface area (Å²) >= 11 is 0. The Morgan fingerprint density at radius 1 is 0.773 bits per heavy atom. The summed E-state index contributed by atoms with van der Waals surface area (Å²) in [7, 11) is 0. The number of benzene rings is 2. The van der Waals surface area contributed by atoms with Crippen LogP contribution in [-0.2, 0) is 9.59 Å². The highest BCUT2D eigenvalue weighted by Gasteiger charge is 2.26. The van der Waals surface area contributed by atoms with Gasteiger partial charge in [0.1, 0.15) is 0 Å². The molecule has 0 aliphatic rings. The van der Waals surface area contributed by atoms with Crippen molar-refractivity contribution in [3.63, 3.8) is 0 Å². The number of nitrogen functional groups attached to an aromatic ring is 4. The van der Waals surface area contributed by atoms with E-state index in [0.717, 1.165) is 4.90 Å². The Hall–Kier alpha value is -3.42. The molecular formula is C14H16N6O2.